The first-order chi connectivity index (χ1) is 12.9. The van der Waals surface area contributed by atoms with Gasteiger partial charge in [0.15, 0.2) is 0 Å². The van der Waals surface area contributed by atoms with Crippen molar-refractivity contribution in [2.24, 2.45) is 0 Å². The van der Waals surface area contributed by atoms with Gasteiger partial charge in [0.05, 0.1) is 11.7 Å². The number of rotatable bonds is 6. The Morgan fingerprint density at radius 3 is 2.78 bits per heavy atom. The number of esters is 1. The number of fused-ring (bicyclic) bond motifs is 1. The Morgan fingerprint density at radius 1 is 1.33 bits per heavy atom. The molecule has 0 atom stereocenters. The largest absolute Gasteiger partial charge is 0.477 e. The van der Waals surface area contributed by atoms with Crippen molar-refractivity contribution >= 4 is 34.2 Å². The Labute approximate surface area is 160 Å². The zero-order valence-corrected chi connectivity index (χ0v) is 16.0. The molecule has 1 aliphatic rings. The minimum absolute atomic E-state index is 0.0740. The number of aromatic nitrogens is 2. The number of nitrogens with one attached hydrogen (secondary N) is 1. The van der Waals surface area contributed by atoms with E-state index in [0.29, 0.717) is 10.6 Å². The summed E-state index contributed by atoms with van der Waals surface area (Å²) in [5.41, 5.74) is 1.31. The molecule has 0 unspecified atom stereocenters. The van der Waals surface area contributed by atoms with Crippen molar-refractivity contribution in [2.75, 3.05) is 5.32 Å². The van der Waals surface area contributed by atoms with Gasteiger partial charge in [0.2, 0.25) is 5.91 Å². The number of carboxylic acids is 1. The molecule has 0 saturated carbocycles. The Kier molecular flexibility index (Phi) is 5.59. The fraction of sp³-hybridized carbons (Fsp3) is 0.444. The number of carbonyl (C=O) groups excluding carboxylic acids is 2. The van der Waals surface area contributed by atoms with E-state index >= 15 is 0 Å². The van der Waals surface area contributed by atoms with Crippen LogP contribution in [0.1, 0.15) is 58.0 Å². The number of hydrogen-bond acceptors (Lipinski definition) is 6. The molecule has 0 aromatic carbocycles. The third-order valence-electron chi connectivity index (χ3n) is 4.20. The zero-order chi connectivity index (χ0) is 19.6. The highest BCUT2D eigenvalue weighted by molar-refractivity contribution is 7.17. The number of aromatic carboxylic acids is 1. The van der Waals surface area contributed by atoms with E-state index in [0.717, 1.165) is 40.8 Å². The number of ether oxygens (including phenoxy) is 1. The van der Waals surface area contributed by atoms with Gasteiger partial charge in [0, 0.05) is 11.1 Å². The Morgan fingerprint density at radius 2 is 2.07 bits per heavy atom. The lowest BCUT2D eigenvalue weighted by Crippen LogP contribution is -2.23. The van der Waals surface area contributed by atoms with E-state index in [1.165, 1.54) is 23.6 Å². The molecule has 9 heteroatoms. The van der Waals surface area contributed by atoms with Crippen molar-refractivity contribution in [2.45, 2.75) is 52.2 Å². The molecule has 0 spiro atoms. The number of nitrogens with zero attached hydrogens (tertiary/aromatic N) is 2. The molecule has 27 heavy (non-hydrogen) atoms. The van der Waals surface area contributed by atoms with Gasteiger partial charge in [0.25, 0.3) is 0 Å². The van der Waals surface area contributed by atoms with Crippen molar-refractivity contribution < 1.29 is 24.2 Å². The summed E-state index contributed by atoms with van der Waals surface area (Å²) < 4.78 is 6.47. The molecule has 1 aliphatic carbocycles. The second kappa shape index (κ2) is 7.91. The molecule has 0 aliphatic heterocycles. The van der Waals surface area contributed by atoms with E-state index in [-0.39, 0.29) is 18.3 Å². The molecule has 1 amide bonds. The van der Waals surface area contributed by atoms with E-state index in [2.05, 4.69) is 10.4 Å². The van der Waals surface area contributed by atoms with Gasteiger partial charge >= 0.3 is 11.9 Å². The lowest BCUT2D eigenvalue weighted by molar-refractivity contribution is -0.116. The van der Waals surface area contributed by atoms with Crippen molar-refractivity contribution in [1.82, 2.24) is 9.78 Å². The van der Waals surface area contributed by atoms with Gasteiger partial charge in [-0.25, -0.2) is 14.3 Å². The summed E-state index contributed by atoms with van der Waals surface area (Å²) in [5.74, 6) is -2.04. The predicted octanol–water partition coefficient (Wildman–Crippen LogP) is 2.73. The maximum Gasteiger partial charge on any atom is 0.354 e. The molecular formula is C18H21N3O5S. The van der Waals surface area contributed by atoms with Crippen LogP contribution >= 0.6 is 11.3 Å². The van der Waals surface area contributed by atoms with Crippen molar-refractivity contribution in [3.63, 3.8) is 0 Å². The molecule has 2 aromatic rings. The van der Waals surface area contributed by atoms with Gasteiger partial charge in [-0.2, -0.15) is 5.10 Å². The lowest BCUT2D eigenvalue weighted by Gasteiger charge is -2.14. The second-order valence-electron chi connectivity index (χ2n) is 6.60. The Bertz CT molecular complexity index is 884. The molecule has 0 fully saturated rings. The Hall–Kier alpha value is -2.68. The Balaban J connectivity index is 1.84. The number of amides is 1. The van der Waals surface area contributed by atoms with Crippen LogP contribution < -0.4 is 5.32 Å². The normalized spacial score (nSPS) is 13.3. The lowest BCUT2D eigenvalue weighted by atomic mass is 9.95. The average Bonchev–Trinajstić information content (AvgIpc) is 3.17. The summed E-state index contributed by atoms with van der Waals surface area (Å²) in [4.78, 5) is 37.3. The third kappa shape index (κ3) is 4.19. The first-order valence-electron chi connectivity index (χ1n) is 8.77. The fourth-order valence-electron chi connectivity index (χ4n) is 3.09. The highest BCUT2D eigenvalue weighted by atomic mass is 32.1. The van der Waals surface area contributed by atoms with Crippen LogP contribution in [0.5, 0.6) is 0 Å². The smallest absolute Gasteiger partial charge is 0.354 e. The number of anilines is 1. The molecule has 0 radical (unpaired) electrons. The van der Waals surface area contributed by atoms with Crippen LogP contribution in [0, 0.1) is 0 Å². The van der Waals surface area contributed by atoms with Crippen LogP contribution in [0.15, 0.2) is 12.3 Å². The van der Waals surface area contributed by atoms with Gasteiger partial charge in [-0.1, -0.05) is 0 Å². The van der Waals surface area contributed by atoms with Gasteiger partial charge in [0.1, 0.15) is 17.2 Å². The second-order valence-corrected chi connectivity index (χ2v) is 7.70. The van der Waals surface area contributed by atoms with Crippen LogP contribution in [0.4, 0.5) is 5.00 Å². The van der Waals surface area contributed by atoms with Crippen LogP contribution in [0.25, 0.3) is 0 Å². The van der Waals surface area contributed by atoms with Gasteiger partial charge in [-0.3, -0.25) is 4.79 Å². The molecule has 3 rings (SSSR count). The van der Waals surface area contributed by atoms with Crippen LogP contribution in [0.2, 0.25) is 0 Å². The summed E-state index contributed by atoms with van der Waals surface area (Å²) in [6.07, 6.45) is 4.77. The fourth-order valence-corrected chi connectivity index (χ4v) is 4.38. The van der Waals surface area contributed by atoms with Crippen LogP contribution in [0.3, 0.4) is 0 Å². The number of carboxylic acid groups (broad SMARTS) is 1. The van der Waals surface area contributed by atoms with Crippen molar-refractivity contribution in [3.05, 3.63) is 34.0 Å². The molecule has 2 N–H and O–H groups in total. The topological polar surface area (TPSA) is 111 Å². The van der Waals surface area contributed by atoms with E-state index in [9.17, 15) is 14.4 Å². The SMILES string of the molecule is CC(C)OC(=O)c1c(NC(=O)Cn2nccc2C(=O)O)sc2c1CCCC2. The molecule has 144 valence electrons. The average molecular weight is 391 g/mol. The third-order valence-corrected chi connectivity index (χ3v) is 5.41. The first-order valence-corrected chi connectivity index (χ1v) is 9.59. The summed E-state index contributed by atoms with van der Waals surface area (Å²) in [6.45, 7) is 3.30. The van der Waals surface area contributed by atoms with Crippen molar-refractivity contribution in [1.29, 1.82) is 0 Å². The number of hydrogen-bond donors (Lipinski definition) is 2. The van der Waals surface area contributed by atoms with Crippen LogP contribution in [-0.4, -0.2) is 38.8 Å². The minimum atomic E-state index is -1.16. The van der Waals surface area contributed by atoms with Gasteiger partial charge < -0.3 is 15.2 Å². The minimum Gasteiger partial charge on any atom is -0.477 e. The van der Waals surface area contributed by atoms with Gasteiger partial charge in [-0.15, -0.1) is 11.3 Å². The highest BCUT2D eigenvalue weighted by Gasteiger charge is 2.28. The first kappa shape index (κ1) is 19.1. The molecule has 0 saturated heterocycles. The van der Waals surface area contributed by atoms with Crippen molar-refractivity contribution in [3.8, 4) is 0 Å². The molecule has 2 aromatic heterocycles. The van der Waals surface area contributed by atoms with E-state index in [1.54, 1.807) is 13.8 Å². The molecule has 8 nitrogen and oxygen atoms in total. The summed E-state index contributed by atoms with van der Waals surface area (Å²) >= 11 is 1.39. The van der Waals surface area contributed by atoms with E-state index in [4.69, 9.17) is 9.84 Å². The van der Waals surface area contributed by atoms with E-state index in [1.807, 2.05) is 0 Å². The van der Waals surface area contributed by atoms with E-state index < -0.39 is 17.8 Å². The highest BCUT2D eigenvalue weighted by Crippen LogP contribution is 2.38. The maximum absolute atomic E-state index is 12.6. The quantitative estimate of drug-likeness (QED) is 0.733. The maximum atomic E-state index is 12.6. The van der Waals surface area contributed by atoms with Crippen LogP contribution in [-0.2, 0) is 28.9 Å². The molecular weight excluding hydrogens is 370 g/mol. The summed E-state index contributed by atoms with van der Waals surface area (Å²) in [5, 5.41) is 16.2. The molecule has 2 heterocycles. The summed E-state index contributed by atoms with van der Waals surface area (Å²) in [7, 11) is 0. The number of thiophene rings is 1. The van der Waals surface area contributed by atoms with Gasteiger partial charge in [-0.05, 0) is 51.2 Å². The summed E-state index contributed by atoms with van der Waals surface area (Å²) in [6, 6.07) is 1.32. The number of carbonyl (C=O) groups is 3. The zero-order valence-electron chi connectivity index (χ0n) is 15.2. The standard InChI is InChI=1S/C18H21N3O5S/c1-10(2)26-18(25)15-11-5-3-4-6-13(11)27-16(15)20-14(22)9-21-12(17(23)24)7-8-19-21/h7-8,10H,3-6,9H2,1-2H3,(H,20,22)(H,23,24). The molecule has 0 bridgehead atoms. The number of aryl methyl sites for hydroxylation is 1. The monoisotopic (exact) mass is 391 g/mol. The predicted molar refractivity (Wildman–Crippen MR) is 99.3 cm³/mol.